The fraction of sp³-hybridized carbons (Fsp3) is 0. The van der Waals surface area contributed by atoms with Crippen molar-refractivity contribution in [2.45, 2.75) is 0 Å². The highest BCUT2D eigenvalue weighted by molar-refractivity contribution is 6.04. The van der Waals surface area contributed by atoms with Crippen molar-refractivity contribution in [1.29, 1.82) is 0 Å². The van der Waals surface area contributed by atoms with Gasteiger partial charge in [0.15, 0.2) is 0 Å². The van der Waals surface area contributed by atoms with E-state index >= 15 is 0 Å². The molecule has 1 heteroatoms. The van der Waals surface area contributed by atoms with Crippen molar-refractivity contribution in [1.82, 2.24) is 0 Å². The molecule has 0 aliphatic heterocycles. The number of benzene rings is 11. The molecule has 0 saturated carbocycles. The largest absolute Gasteiger partial charge is 0.311 e. The summed E-state index contributed by atoms with van der Waals surface area (Å²) in [5.41, 5.74) is 20.1. The van der Waals surface area contributed by atoms with Crippen molar-refractivity contribution >= 4 is 27.8 Å². The molecule has 11 aromatic carbocycles. The van der Waals surface area contributed by atoms with Crippen LogP contribution >= 0.6 is 0 Å². The lowest BCUT2D eigenvalue weighted by atomic mass is 9.89. The molecule has 0 aliphatic rings. The van der Waals surface area contributed by atoms with Crippen LogP contribution in [-0.2, 0) is 0 Å². The Morgan fingerprint density at radius 1 is 0.200 bits per heavy atom. The zero-order chi connectivity index (χ0) is 43.4. The molecule has 0 amide bonds. The van der Waals surface area contributed by atoms with Crippen LogP contribution in [0.3, 0.4) is 0 Å². The van der Waals surface area contributed by atoms with E-state index in [4.69, 9.17) is 0 Å². The third-order valence-electron chi connectivity index (χ3n) is 12.5. The van der Waals surface area contributed by atoms with Gasteiger partial charge in [-0.15, -0.1) is 0 Å². The van der Waals surface area contributed by atoms with E-state index in [2.05, 4.69) is 278 Å². The first kappa shape index (κ1) is 39.3. The predicted octanol–water partition coefficient (Wildman–Crippen LogP) is 18.0. The van der Waals surface area contributed by atoms with Crippen LogP contribution in [0.25, 0.3) is 88.7 Å². The molecule has 0 atom stereocenters. The topological polar surface area (TPSA) is 3.24 Å². The normalized spacial score (nSPS) is 11.1. The first-order chi connectivity index (χ1) is 32.2. The van der Waals surface area contributed by atoms with Gasteiger partial charge in [0.1, 0.15) is 0 Å². The summed E-state index contributed by atoms with van der Waals surface area (Å²) in [6, 6.07) is 98.8. The molecule has 11 rings (SSSR count). The standard InChI is InChI=1S/C64H45N/c1-5-15-46(16-6-1)49-25-27-50(28-26-49)51-29-36-59(37-30-51)65(61-40-33-55(34-41-61)64-62-24-14-13-23-54(62)35-42-63(64)53-21-11-4-12-22-53)60-38-31-52(32-39-60)58-44-56(47-17-7-2-8-18-47)43-57(45-58)48-19-9-3-10-20-48/h1-45H. The van der Waals surface area contributed by atoms with Crippen molar-refractivity contribution in [2.75, 3.05) is 4.90 Å². The van der Waals surface area contributed by atoms with Gasteiger partial charge >= 0.3 is 0 Å². The van der Waals surface area contributed by atoms with Crippen molar-refractivity contribution in [2.24, 2.45) is 0 Å². The summed E-state index contributed by atoms with van der Waals surface area (Å²) in [5.74, 6) is 0. The van der Waals surface area contributed by atoms with E-state index in [1.807, 2.05) is 0 Å². The highest BCUT2D eigenvalue weighted by atomic mass is 15.1. The second-order valence-corrected chi connectivity index (χ2v) is 16.5. The molecular weight excluding hydrogens is 783 g/mol. The smallest absolute Gasteiger partial charge is 0.0462 e. The van der Waals surface area contributed by atoms with E-state index in [0.29, 0.717) is 0 Å². The van der Waals surface area contributed by atoms with Gasteiger partial charge in [-0.2, -0.15) is 0 Å². The Bertz CT molecular complexity index is 3280. The van der Waals surface area contributed by atoms with E-state index in [9.17, 15) is 0 Å². The molecule has 0 saturated heterocycles. The molecule has 306 valence electrons. The minimum absolute atomic E-state index is 1.08. The first-order valence-corrected chi connectivity index (χ1v) is 22.3. The molecule has 0 unspecified atom stereocenters. The van der Waals surface area contributed by atoms with Crippen molar-refractivity contribution < 1.29 is 0 Å². The van der Waals surface area contributed by atoms with Gasteiger partial charge in [-0.1, -0.05) is 218 Å². The summed E-state index contributed by atoms with van der Waals surface area (Å²) in [5, 5.41) is 2.47. The zero-order valence-corrected chi connectivity index (χ0v) is 35.9. The first-order valence-electron chi connectivity index (χ1n) is 22.3. The molecule has 65 heavy (non-hydrogen) atoms. The summed E-state index contributed by atoms with van der Waals surface area (Å²) in [7, 11) is 0. The summed E-state index contributed by atoms with van der Waals surface area (Å²) >= 11 is 0. The average Bonchev–Trinajstić information content (AvgIpc) is 3.40. The van der Waals surface area contributed by atoms with Gasteiger partial charge in [-0.3, -0.25) is 0 Å². The molecule has 0 bridgehead atoms. The minimum atomic E-state index is 1.08. The van der Waals surface area contributed by atoms with E-state index in [0.717, 1.165) is 22.6 Å². The van der Waals surface area contributed by atoms with Crippen molar-refractivity contribution in [3.05, 3.63) is 273 Å². The van der Waals surface area contributed by atoms with Crippen LogP contribution in [0.2, 0.25) is 0 Å². The SMILES string of the molecule is c1ccc(-c2ccc(-c3ccc(N(c4ccc(-c5cc(-c6ccccc6)cc(-c6ccccc6)c5)cc4)c4ccc(-c5c(-c6ccccc6)ccc6ccccc56)cc4)cc3)cc2)cc1. The Morgan fingerprint density at radius 3 is 0.938 bits per heavy atom. The summed E-state index contributed by atoms with van der Waals surface area (Å²) in [6.07, 6.45) is 0. The Balaban J connectivity index is 0.989. The maximum atomic E-state index is 2.37. The molecule has 11 aromatic rings. The summed E-state index contributed by atoms with van der Waals surface area (Å²) < 4.78 is 0. The molecule has 0 heterocycles. The second kappa shape index (κ2) is 17.7. The Morgan fingerprint density at radius 2 is 0.508 bits per heavy atom. The zero-order valence-electron chi connectivity index (χ0n) is 35.9. The second-order valence-electron chi connectivity index (χ2n) is 16.5. The van der Waals surface area contributed by atoms with E-state index in [-0.39, 0.29) is 0 Å². The third kappa shape index (κ3) is 8.16. The maximum Gasteiger partial charge on any atom is 0.0462 e. The molecule has 1 nitrogen and oxygen atoms in total. The van der Waals surface area contributed by atoms with Crippen LogP contribution in [0, 0.1) is 0 Å². The molecule has 0 radical (unpaired) electrons. The average molecular weight is 828 g/mol. The number of anilines is 3. The van der Waals surface area contributed by atoms with Gasteiger partial charge in [-0.25, -0.2) is 0 Å². The van der Waals surface area contributed by atoms with Gasteiger partial charge in [0.05, 0.1) is 0 Å². The van der Waals surface area contributed by atoms with Gasteiger partial charge < -0.3 is 4.90 Å². The van der Waals surface area contributed by atoms with E-state index in [1.165, 1.54) is 83.1 Å². The van der Waals surface area contributed by atoms with Crippen molar-refractivity contribution in [3.63, 3.8) is 0 Å². The van der Waals surface area contributed by atoms with E-state index in [1.54, 1.807) is 0 Å². The predicted molar refractivity (Wildman–Crippen MR) is 277 cm³/mol. The van der Waals surface area contributed by atoms with Crippen LogP contribution in [-0.4, -0.2) is 0 Å². The maximum absolute atomic E-state index is 2.37. The van der Waals surface area contributed by atoms with Crippen LogP contribution in [0.15, 0.2) is 273 Å². The molecular formula is C64H45N. The van der Waals surface area contributed by atoms with Gasteiger partial charge in [0.2, 0.25) is 0 Å². The van der Waals surface area contributed by atoms with Gasteiger partial charge in [0.25, 0.3) is 0 Å². The minimum Gasteiger partial charge on any atom is -0.311 e. The number of hydrogen-bond donors (Lipinski definition) is 0. The number of nitrogens with zero attached hydrogens (tertiary/aromatic N) is 1. The monoisotopic (exact) mass is 827 g/mol. The lowest BCUT2D eigenvalue weighted by molar-refractivity contribution is 1.28. The molecule has 0 fully saturated rings. The number of fused-ring (bicyclic) bond motifs is 1. The molecule has 0 N–H and O–H groups in total. The Hall–Kier alpha value is -8.52. The molecule has 0 aromatic heterocycles. The van der Waals surface area contributed by atoms with Crippen LogP contribution in [0.4, 0.5) is 17.1 Å². The number of rotatable bonds is 10. The quantitative estimate of drug-likeness (QED) is 0.133. The third-order valence-corrected chi connectivity index (χ3v) is 12.5. The highest BCUT2D eigenvalue weighted by Crippen LogP contribution is 2.42. The Labute approximate surface area is 381 Å². The fourth-order valence-corrected chi connectivity index (χ4v) is 9.15. The van der Waals surface area contributed by atoms with Gasteiger partial charge in [0, 0.05) is 17.1 Å². The van der Waals surface area contributed by atoms with Crippen molar-refractivity contribution in [3.8, 4) is 77.9 Å². The van der Waals surface area contributed by atoms with Crippen LogP contribution in [0.1, 0.15) is 0 Å². The summed E-state index contributed by atoms with van der Waals surface area (Å²) in [6.45, 7) is 0. The number of hydrogen-bond acceptors (Lipinski definition) is 1. The lowest BCUT2D eigenvalue weighted by Gasteiger charge is -2.26. The summed E-state index contributed by atoms with van der Waals surface area (Å²) in [4.78, 5) is 2.37. The molecule has 0 aliphatic carbocycles. The fourth-order valence-electron chi connectivity index (χ4n) is 9.15. The van der Waals surface area contributed by atoms with Gasteiger partial charge in [-0.05, 0) is 143 Å². The Kier molecular flexibility index (Phi) is 10.7. The van der Waals surface area contributed by atoms with Crippen LogP contribution < -0.4 is 4.90 Å². The lowest BCUT2D eigenvalue weighted by Crippen LogP contribution is -2.09. The van der Waals surface area contributed by atoms with E-state index < -0.39 is 0 Å². The highest BCUT2D eigenvalue weighted by Gasteiger charge is 2.17. The van der Waals surface area contributed by atoms with Crippen LogP contribution in [0.5, 0.6) is 0 Å². The molecule has 0 spiro atoms.